The molecule has 0 aromatic rings. The fourth-order valence-corrected chi connectivity index (χ4v) is 2.22. The molecule has 1 rings (SSSR count). The number of esters is 1. The van der Waals surface area contributed by atoms with Crippen LogP contribution in [0.4, 0.5) is 0 Å². The van der Waals surface area contributed by atoms with Gasteiger partial charge in [-0.3, -0.25) is 4.79 Å². The van der Waals surface area contributed by atoms with Crippen molar-refractivity contribution < 1.29 is 14.3 Å². The Labute approximate surface area is 98.7 Å². The molecule has 14 heavy (non-hydrogen) atoms. The van der Waals surface area contributed by atoms with E-state index in [4.69, 9.17) is 9.47 Å². The van der Waals surface area contributed by atoms with Crippen LogP contribution in [0.3, 0.4) is 0 Å². The summed E-state index contributed by atoms with van der Waals surface area (Å²) < 4.78 is 10.1. The summed E-state index contributed by atoms with van der Waals surface area (Å²) in [6.07, 6.45) is 3.21. The molecule has 0 aliphatic carbocycles. The van der Waals surface area contributed by atoms with Gasteiger partial charge in [-0.2, -0.15) is 0 Å². The van der Waals surface area contributed by atoms with Crippen LogP contribution in [0.25, 0.3) is 0 Å². The number of hydrogen-bond donors (Lipinski definition) is 0. The highest BCUT2D eigenvalue weighted by molar-refractivity contribution is 14.1. The van der Waals surface area contributed by atoms with Crippen LogP contribution in [0.1, 0.15) is 33.1 Å². The van der Waals surface area contributed by atoms with Gasteiger partial charge in [0.15, 0.2) is 0 Å². The summed E-state index contributed by atoms with van der Waals surface area (Å²) in [6.45, 7) is 4.92. The number of ether oxygens (including phenoxy) is 2. The topological polar surface area (TPSA) is 35.5 Å². The van der Waals surface area contributed by atoms with Gasteiger partial charge in [0.25, 0.3) is 0 Å². The van der Waals surface area contributed by atoms with E-state index in [9.17, 15) is 4.79 Å². The van der Waals surface area contributed by atoms with E-state index in [1.807, 2.05) is 13.8 Å². The van der Waals surface area contributed by atoms with Crippen molar-refractivity contribution in [1.82, 2.24) is 0 Å². The molecule has 0 amide bonds. The van der Waals surface area contributed by atoms with Crippen molar-refractivity contribution in [2.45, 2.75) is 42.6 Å². The fraction of sp³-hybridized carbons (Fsp3) is 0.900. The van der Waals surface area contributed by atoms with E-state index in [1.54, 1.807) is 0 Å². The van der Waals surface area contributed by atoms with E-state index < -0.39 is 3.42 Å². The number of alkyl halides is 1. The molecular formula is C10H17IO3. The summed E-state index contributed by atoms with van der Waals surface area (Å²) in [5.74, 6) is -0.160. The largest absolute Gasteiger partial charge is 0.465 e. The maximum absolute atomic E-state index is 11.7. The molecule has 0 saturated carbocycles. The van der Waals surface area contributed by atoms with Crippen molar-refractivity contribution in [3.63, 3.8) is 0 Å². The molecule has 1 saturated heterocycles. The third kappa shape index (κ3) is 2.82. The number of halogens is 1. The molecule has 0 unspecified atom stereocenters. The zero-order chi connectivity index (χ0) is 10.6. The third-order valence-electron chi connectivity index (χ3n) is 2.46. The summed E-state index contributed by atoms with van der Waals surface area (Å²) in [6, 6.07) is 0. The van der Waals surface area contributed by atoms with E-state index in [-0.39, 0.29) is 12.1 Å². The molecule has 2 atom stereocenters. The van der Waals surface area contributed by atoms with Crippen molar-refractivity contribution >= 4 is 28.6 Å². The minimum atomic E-state index is -0.534. The second kappa shape index (κ2) is 5.30. The molecule has 0 spiro atoms. The van der Waals surface area contributed by atoms with Crippen LogP contribution in [-0.4, -0.2) is 28.7 Å². The zero-order valence-corrected chi connectivity index (χ0v) is 10.9. The lowest BCUT2D eigenvalue weighted by Crippen LogP contribution is -2.45. The highest BCUT2D eigenvalue weighted by atomic mass is 127. The normalized spacial score (nSPS) is 26.6. The van der Waals surface area contributed by atoms with Crippen LogP contribution in [0.2, 0.25) is 0 Å². The average Bonchev–Trinajstić information content (AvgIpc) is 2.19. The summed E-state index contributed by atoms with van der Waals surface area (Å²) in [7, 11) is 0. The Morgan fingerprint density at radius 3 is 2.86 bits per heavy atom. The first kappa shape index (κ1) is 12.2. The van der Waals surface area contributed by atoms with E-state index in [0.29, 0.717) is 6.61 Å². The Kier molecular flexibility index (Phi) is 4.63. The molecule has 1 fully saturated rings. The van der Waals surface area contributed by atoms with Crippen molar-refractivity contribution in [2.24, 2.45) is 0 Å². The van der Waals surface area contributed by atoms with Gasteiger partial charge in [-0.25, -0.2) is 0 Å². The van der Waals surface area contributed by atoms with Crippen LogP contribution in [-0.2, 0) is 14.3 Å². The first-order valence-electron chi connectivity index (χ1n) is 5.06. The standard InChI is InChI=1S/C10H17IO3/c1-3-13-9(12)10(2,11)8-6-4-5-7-14-8/h8H,3-7H2,1-2H3/t8-,10-/m0/s1. The molecule has 0 aromatic heterocycles. The van der Waals surface area contributed by atoms with Crippen LogP contribution < -0.4 is 0 Å². The van der Waals surface area contributed by atoms with Gasteiger partial charge in [-0.1, -0.05) is 22.6 Å². The Bertz CT molecular complexity index is 198. The van der Waals surface area contributed by atoms with E-state index >= 15 is 0 Å². The molecule has 0 N–H and O–H groups in total. The number of rotatable bonds is 3. The highest BCUT2D eigenvalue weighted by Gasteiger charge is 2.41. The fourth-order valence-electron chi connectivity index (χ4n) is 1.57. The number of carbonyl (C=O) groups is 1. The minimum Gasteiger partial charge on any atom is -0.465 e. The molecule has 0 bridgehead atoms. The van der Waals surface area contributed by atoms with Crippen molar-refractivity contribution in [3.8, 4) is 0 Å². The Morgan fingerprint density at radius 1 is 1.64 bits per heavy atom. The van der Waals surface area contributed by atoms with E-state index in [1.165, 1.54) is 0 Å². The molecule has 4 heteroatoms. The molecule has 82 valence electrons. The van der Waals surface area contributed by atoms with Crippen LogP contribution in [0.15, 0.2) is 0 Å². The van der Waals surface area contributed by atoms with Crippen molar-refractivity contribution in [3.05, 3.63) is 0 Å². The van der Waals surface area contributed by atoms with Gasteiger partial charge in [0, 0.05) is 6.61 Å². The number of hydrogen-bond acceptors (Lipinski definition) is 3. The van der Waals surface area contributed by atoms with Crippen LogP contribution >= 0.6 is 22.6 Å². The van der Waals surface area contributed by atoms with E-state index in [0.717, 1.165) is 25.9 Å². The maximum atomic E-state index is 11.7. The summed E-state index contributed by atoms with van der Waals surface area (Å²) in [4.78, 5) is 11.7. The predicted molar refractivity (Wildman–Crippen MR) is 62.6 cm³/mol. The first-order chi connectivity index (χ1) is 6.59. The van der Waals surface area contributed by atoms with Gasteiger partial charge in [0.2, 0.25) is 0 Å². The van der Waals surface area contributed by atoms with Gasteiger partial charge < -0.3 is 9.47 Å². The lowest BCUT2D eigenvalue weighted by molar-refractivity contribution is -0.150. The van der Waals surface area contributed by atoms with Gasteiger partial charge >= 0.3 is 5.97 Å². The highest BCUT2D eigenvalue weighted by Crippen LogP contribution is 2.32. The lowest BCUT2D eigenvalue weighted by Gasteiger charge is -2.33. The quantitative estimate of drug-likeness (QED) is 0.456. The lowest BCUT2D eigenvalue weighted by atomic mass is 9.97. The summed E-state index contributed by atoms with van der Waals surface area (Å²) >= 11 is 2.14. The van der Waals surface area contributed by atoms with Gasteiger partial charge in [-0.05, 0) is 33.1 Å². The maximum Gasteiger partial charge on any atom is 0.324 e. The third-order valence-corrected chi connectivity index (χ3v) is 3.59. The molecular weight excluding hydrogens is 295 g/mol. The Hall–Kier alpha value is 0.160. The second-order valence-electron chi connectivity index (χ2n) is 3.65. The minimum absolute atomic E-state index is 0.0101. The Balaban J connectivity index is 2.57. The molecule has 1 aliphatic heterocycles. The van der Waals surface area contributed by atoms with Gasteiger partial charge in [0.05, 0.1) is 12.7 Å². The predicted octanol–water partition coefficient (Wildman–Crippen LogP) is 2.31. The van der Waals surface area contributed by atoms with Crippen LogP contribution in [0.5, 0.6) is 0 Å². The van der Waals surface area contributed by atoms with Crippen LogP contribution in [0, 0.1) is 0 Å². The van der Waals surface area contributed by atoms with Gasteiger partial charge in [-0.15, -0.1) is 0 Å². The average molecular weight is 312 g/mol. The molecule has 1 heterocycles. The SMILES string of the molecule is CCOC(=O)[C@@](C)(I)[C@@H]1CCCCO1. The Morgan fingerprint density at radius 2 is 2.36 bits per heavy atom. The summed E-state index contributed by atoms with van der Waals surface area (Å²) in [5, 5.41) is 0. The second-order valence-corrected chi connectivity index (χ2v) is 5.89. The molecule has 3 nitrogen and oxygen atoms in total. The smallest absolute Gasteiger partial charge is 0.324 e. The van der Waals surface area contributed by atoms with E-state index in [2.05, 4.69) is 22.6 Å². The first-order valence-corrected chi connectivity index (χ1v) is 6.14. The molecule has 0 aromatic carbocycles. The molecule has 0 radical (unpaired) electrons. The van der Waals surface area contributed by atoms with Crippen molar-refractivity contribution in [2.75, 3.05) is 13.2 Å². The number of carbonyl (C=O) groups excluding carboxylic acids is 1. The van der Waals surface area contributed by atoms with Crippen molar-refractivity contribution in [1.29, 1.82) is 0 Å². The molecule has 1 aliphatic rings. The zero-order valence-electron chi connectivity index (χ0n) is 8.72. The monoisotopic (exact) mass is 312 g/mol. The summed E-state index contributed by atoms with van der Waals surface area (Å²) in [5.41, 5.74) is 0. The van der Waals surface area contributed by atoms with Gasteiger partial charge in [0.1, 0.15) is 3.42 Å².